The molecule has 204 valence electrons. The van der Waals surface area contributed by atoms with Crippen LogP contribution in [0.15, 0.2) is 54.9 Å². The fraction of sp³-hybridized carbons (Fsp3) is 0.250. The summed E-state index contributed by atoms with van der Waals surface area (Å²) in [7, 11) is 1.85. The summed E-state index contributed by atoms with van der Waals surface area (Å²) < 4.78 is 3.26. The smallest absolute Gasteiger partial charge is 0.335 e. The predicted octanol–water partition coefficient (Wildman–Crippen LogP) is 3.26. The Morgan fingerprint density at radius 3 is 2.60 bits per heavy atom. The summed E-state index contributed by atoms with van der Waals surface area (Å²) in [6.07, 6.45) is 5.71. The number of aromatic carboxylic acids is 1. The Hall–Kier alpha value is -4.64. The van der Waals surface area contributed by atoms with Gasteiger partial charge in [-0.05, 0) is 58.8 Å². The zero-order valence-electron chi connectivity index (χ0n) is 21.9. The molecule has 5 rings (SSSR count). The van der Waals surface area contributed by atoms with Gasteiger partial charge in [-0.15, -0.1) is 5.10 Å². The normalized spacial score (nSPS) is 14.9. The number of ketones is 1. The number of Topliss-reactive ketones (excluding diaryl/α,β-unsaturated/α-hetero) is 1. The van der Waals surface area contributed by atoms with Crippen molar-refractivity contribution in [1.82, 2.24) is 34.9 Å². The standard InChI is InChI=1S/C28H26ClN7O4/c1-3-21-26-23(34(2)31-21)12-13-35(27(26)24(37)14-17-4-6-18(7-5-17)28(39)40)25(38)11-8-19-15-20(29)9-10-22(19)36-16-30-32-33-36/h4-11,15-16,27H,3,12-14H2,1-2H3,(H,39,40)/b11-8+. The number of carboxylic acid groups (broad SMARTS) is 1. The zero-order valence-corrected chi connectivity index (χ0v) is 22.6. The largest absolute Gasteiger partial charge is 0.478 e. The first-order valence-corrected chi connectivity index (χ1v) is 13.1. The highest BCUT2D eigenvalue weighted by atomic mass is 35.5. The third kappa shape index (κ3) is 5.28. The zero-order chi connectivity index (χ0) is 28.4. The van der Waals surface area contributed by atoms with Gasteiger partial charge in [0.05, 0.1) is 16.9 Å². The van der Waals surface area contributed by atoms with Gasteiger partial charge in [0.2, 0.25) is 5.91 Å². The van der Waals surface area contributed by atoms with Crippen LogP contribution in [0.25, 0.3) is 11.8 Å². The average Bonchev–Trinajstić information content (AvgIpc) is 3.59. The molecule has 4 aromatic rings. The highest BCUT2D eigenvalue weighted by molar-refractivity contribution is 6.30. The van der Waals surface area contributed by atoms with Crippen molar-refractivity contribution in [1.29, 1.82) is 0 Å². The lowest BCUT2D eigenvalue weighted by atomic mass is 9.89. The van der Waals surface area contributed by atoms with E-state index in [9.17, 15) is 19.5 Å². The summed E-state index contributed by atoms with van der Waals surface area (Å²) >= 11 is 6.23. The highest BCUT2D eigenvalue weighted by Gasteiger charge is 2.38. The first kappa shape index (κ1) is 26.9. The molecule has 1 aliphatic heterocycles. The molecule has 12 heteroatoms. The van der Waals surface area contributed by atoms with Crippen molar-refractivity contribution >= 4 is 35.3 Å². The van der Waals surface area contributed by atoms with Gasteiger partial charge in [-0.1, -0.05) is 30.7 Å². The molecule has 0 saturated heterocycles. The van der Waals surface area contributed by atoms with Crippen molar-refractivity contribution in [2.75, 3.05) is 6.54 Å². The number of benzene rings is 2. The van der Waals surface area contributed by atoms with Crippen LogP contribution in [0.1, 0.15) is 51.4 Å². The number of aromatic nitrogens is 6. The fourth-order valence-electron chi connectivity index (χ4n) is 5.05. The van der Waals surface area contributed by atoms with Crippen LogP contribution >= 0.6 is 11.6 Å². The summed E-state index contributed by atoms with van der Waals surface area (Å²) in [5, 5.41) is 25.6. The second kappa shape index (κ2) is 11.2. The number of hydrogen-bond donors (Lipinski definition) is 1. The number of carboxylic acids is 1. The Balaban J connectivity index is 1.48. The molecule has 0 saturated carbocycles. The van der Waals surface area contributed by atoms with Gasteiger partial charge in [-0.2, -0.15) is 9.78 Å². The van der Waals surface area contributed by atoms with Gasteiger partial charge in [0.15, 0.2) is 5.78 Å². The van der Waals surface area contributed by atoms with Gasteiger partial charge >= 0.3 is 5.97 Å². The number of carbonyl (C=O) groups is 3. The molecule has 2 aromatic heterocycles. The van der Waals surface area contributed by atoms with E-state index < -0.39 is 12.0 Å². The Bertz CT molecular complexity index is 1610. The van der Waals surface area contributed by atoms with Crippen molar-refractivity contribution in [3.8, 4) is 5.69 Å². The van der Waals surface area contributed by atoms with Crippen LogP contribution in [0, 0.1) is 0 Å². The highest BCUT2D eigenvalue weighted by Crippen LogP contribution is 2.34. The third-order valence-electron chi connectivity index (χ3n) is 6.95. The second-order valence-electron chi connectivity index (χ2n) is 9.40. The van der Waals surface area contributed by atoms with Crippen molar-refractivity contribution in [2.24, 2.45) is 7.05 Å². The number of halogens is 1. The molecule has 2 aromatic carbocycles. The van der Waals surface area contributed by atoms with Crippen molar-refractivity contribution in [3.63, 3.8) is 0 Å². The maximum Gasteiger partial charge on any atom is 0.335 e. The van der Waals surface area contributed by atoms with Crippen LogP contribution in [0.5, 0.6) is 0 Å². The molecule has 0 radical (unpaired) electrons. The van der Waals surface area contributed by atoms with Crippen LogP contribution in [0.4, 0.5) is 0 Å². The topological polar surface area (TPSA) is 136 Å². The van der Waals surface area contributed by atoms with Crippen LogP contribution in [-0.4, -0.2) is 64.2 Å². The minimum Gasteiger partial charge on any atom is -0.478 e. The Morgan fingerprint density at radius 2 is 1.93 bits per heavy atom. The summed E-state index contributed by atoms with van der Waals surface area (Å²) in [5.41, 5.74) is 4.54. The molecule has 1 aliphatic rings. The molecule has 1 N–H and O–H groups in total. The lowest BCUT2D eigenvalue weighted by Gasteiger charge is -2.35. The summed E-state index contributed by atoms with van der Waals surface area (Å²) in [6, 6.07) is 10.5. The first-order chi connectivity index (χ1) is 19.3. The second-order valence-corrected chi connectivity index (χ2v) is 9.84. The van der Waals surface area contributed by atoms with Crippen molar-refractivity contribution in [2.45, 2.75) is 32.2 Å². The summed E-state index contributed by atoms with van der Waals surface area (Å²) in [5.74, 6) is -1.55. The van der Waals surface area contributed by atoms with Gasteiger partial charge in [0.1, 0.15) is 12.4 Å². The maximum absolute atomic E-state index is 13.9. The van der Waals surface area contributed by atoms with Gasteiger partial charge in [-0.25, -0.2) is 4.79 Å². The van der Waals surface area contributed by atoms with E-state index in [1.807, 2.05) is 14.0 Å². The van der Waals surface area contributed by atoms with Gasteiger partial charge in [0, 0.05) is 54.4 Å². The Kier molecular flexibility index (Phi) is 7.56. The van der Waals surface area contributed by atoms with E-state index >= 15 is 0 Å². The number of hydrogen-bond acceptors (Lipinski definition) is 7. The molecule has 1 unspecified atom stereocenters. The van der Waals surface area contributed by atoms with Gasteiger partial charge < -0.3 is 10.0 Å². The van der Waals surface area contributed by atoms with Gasteiger partial charge in [0.25, 0.3) is 0 Å². The number of fused-ring (bicyclic) bond motifs is 1. The molecule has 0 bridgehead atoms. The third-order valence-corrected chi connectivity index (χ3v) is 7.19. The number of nitrogens with zero attached hydrogens (tertiary/aromatic N) is 7. The monoisotopic (exact) mass is 559 g/mol. The van der Waals surface area contributed by atoms with Crippen LogP contribution in [0.3, 0.4) is 0 Å². The minimum atomic E-state index is -1.04. The van der Waals surface area contributed by atoms with E-state index in [2.05, 4.69) is 20.6 Å². The Labute approximate surface area is 234 Å². The number of rotatable bonds is 8. The molecule has 1 amide bonds. The first-order valence-electron chi connectivity index (χ1n) is 12.7. The lowest BCUT2D eigenvalue weighted by Crippen LogP contribution is -2.43. The van der Waals surface area contributed by atoms with Crippen LogP contribution in [0.2, 0.25) is 5.02 Å². The predicted molar refractivity (Wildman–Crippen MR) is 146 cm³/mol. The summed E-state index contributed by atoms with van der Waals surface area (Å²) in [6.45, 7) is 2.30. The fourth-order valence-corrected chi connectivity index (χ4v) is 5.23. The number of aryl methyl sites for hydroxylation is 2. The van der Waals surface area contributed by atoms with E-state index in [0.29, 0.717) is 41.2 Å². The molecular weight excluding hydrogens is 534 g/mol. The minimum absolute atomic E-state index is 0.0350. The number of tetrazole rings is 1. The maximum atomic E-state index is 13.9. The van der Waals surface area contributed by atoms with Crippen molar-refractivity contribution < 1.29 is 19.5 Å². The summed E-state index contributed by atoms with van der Waals surface area (Å²) in [4.78, 5) is 40.3. The number of carbonyl (C=O) groups excluding carboxylic acids is 2. The molecular formula is C28H26ClN7O4. The molecule has 3 heterocycles. The molecule has 11 nitrogen and oxygen atoms in total. The van der Waals surface area contributed by atoms with Gasteiger partial charge in [-0.3, -0.25) is 14.3 Å². The average molecular weight is 560 g/mol. The van der Waals surface area contributed by atoms with E-state index in [0.717, 1.165) is 17.0 Å². The lowest BCUT2D eigenvalue weighted by molar-refractivity contribution is -0.136. The van der Waals surface area contributed by atoms with E-state index in [1.165, 1.54) is 29.2 Å². The molecule has 0 fully saturated rings. The van der Waals surface area contributed by atoms with Crippen molar-refractivity contribution in [3.05, 3.63) is 93.5 Å². The van der Waals surface area contributed by atoms with E-state index in [-0.39, 0.29) is 23.7 Å². The quantitative estimate of drug-likeness (QED) is 0.325. The SMILES string of the molecule is CCc1nn(C)c2c1C(C(=O)Cc1ccc(C(=O)O)cc1)N(C(=O)/C=C/c1cc(Cl)ccc1-n1cnnn1)CC2. The van der Waals surface area contributed by atoms with Crippen LogP contribution in [-0.2, 0) is 35.9 Å². The van der Waals surface area contributed by atoms with E-state index in [1.54, 1.807) is 46.0 Å². The van der Waals surface area contributed by atoms with E-state index in [4.69, 9.17) is 11.6 Å². The molecule has 0 aliphatic carbocycles. The molecule has 0 spiro atoms. The Morgan fingerprint density at radius 1 is 1.15 bits per heavy atom. The number of amides is 1. The van der Waals surface area contributed by atoms with Crippen LogP contribution < -0.4 is 0 Å². The molecule has 1 atom stereocenters. The molecule has 40 heavy (non-hydrogen) atoms.